The number of hydrogen-bond acceptors (Lipinski definition) is 1. The Hall–Kier alpha value is 2.42. The van der Waals surface area contributed by atoms with Crippen molar-refractivity contribution in [2.24, 2.45) is 0 Å². The average molecular weight is 238 g/mol. The van der Waals surface area contributed by atoms with Crippen LogP contribution in [-0.2, 0) is 20.9 Å². The Kier molecular flexibility index (Phi) is 72.8. The molecule has 0 N–H and O–H groups in total. The molecule has 0 saturated heterocycles. The molecule has 0 aliphatic carbocycles. The molecule has 1 radical (unpaired) electrons. The van der Waals surface area contributed by atoms with Gasteiger partial charge in [0.15, 0.2) is 0 Å². The predicted octanol–water partition coefficient (Wildman–Crippen LogP) is -0.926. The van der Waals surface area contributed by atoms with Crippen LogP contribution < -0.4 is 0 Å². The van der Waals surface area contributed by atoms with E-state index >= 15 is 0 Å². The van der Waals surface area contributed by atoms with E-state index in [4.69, 9.17) is 3.80 Å². The summed E-state index contributed by atoms with van der Waals surface area (Å²) in [6.45, 7) is 0. The fourth-order valence-electron chi connectivity index (χ4n) is 0. The van der Waals surface area contributed by atoms with E-state index in [9.17, 15) is 0 Å². The molecule has 4 heavy (non-hydrogen) atoms. The monoisotopic (exact) mass is 239 g/mol. The summed E-state index contributed by atoms with van der Waals surface area (Å²) in [5, 5.41) is 0. The third kappa shape index (κ3) is 8.83. The summed E-state index contributed by atoms with van der Waals surface area (Å²) in [6.07, 6.45) is 0. The molecule has 0 heterocycles. The molecular weight excluding hydrogens is 235 g/mol. The fraction of sp³-hybridized carbons (Fsp3) is 0. The normalized spacial score (nSPS) is 0.750. The SMILES string of the molecule is [Ba+2].[H-].[H-].[Mn].[O]=[AlH]. The second-order valence-corrected chi connectivity index (χ2v) is 0. The molecule has 0 unspecified atom stereocenters. The van der Waals surface area contributed by atoms with Gasteiger partial charge < -0.3 is 2.85 Å². The Labute approximate surface area is 87.1 Å². The summed E-state index contributed by atoms with van der Waals surface area (Å²) in [6, 6.07) is 0. The van der Waals surface area contributed by atoms with E-state index in [2.05, 4.69) is 0 Å². The summed E-state index contributed by atoms with van der Waals surface area (Å²) in [5.74, 6) is 0. The van der Waals surface area contributed by atoms with Gasteiger partial charge in [-0.15, -0.1) is 0 Å². The zero-order chi connectivity index (χ0) is 2.00. The second kappa shape index (κ2) is 18.1. The number of rotatable bonds is 0. The summed E-state index contributed by atoms with van der Waals surface area (Å²) >= 11 is 0.611. The van der Waals surface area contributed by atoms with Gasteiger partial charge in [0.05, 0.1) is 0 Å². The van der Waals surface area contributed by atoms with Crippen molar-refractivity contribution in [3.05, 3.63) is 0 Å². The van der Waals surface area contributed by atoms with Crippen LogP contribution in [0.1, 0.15) is 2.85 Å². The van der Waals surface area contributed by atoms with Crippen molar-refractivity contribution in [3.63, 3.8) is 0 Å². The van der Waals surface area contributed by atoms with E-state index in [1.54, 1.807) is 0 Å². The quantitative estimate of drug-likeness (QED) is 0.499. The molecule has 0 amide bonds. The molecule has 0 bridgehead atoms. The Morgan fingerprint density at radius 1 is 1.50 bits per heavy atom. The van der Waals surface area contributed by atoms with Crippen LogP contribution in [-0.4, -0.2) is 65.1 Å². The van der Waals surface area contributed by atoms with Crippen LogP contribution in [0.25, 0.3) is 0 Å². The zero-order valence-electron chi connectivity index (χ0n) is 4.20. The van der Waals surface area contributed by atoms with Gasteiger partial charge in [-0.05, 0) is 0 Å². The van der Waals surface area contributed by atoms with Crippen LogP contribution >= 0.6 is 0 Å². The molecule has 0 aromatic heterocycles. The third-order valence-corrected chi connectivity index (χ3v) is 0. The van der Waals surface area contributed by atoms with Crippen molar-refractivity contribution in [2.75, 3.05) is 0 Å². The Balaban J connectivity index is -0.000000000833. The molecule has 0 aromatic carbocycles. The van der Waals surface area contributed by atoms with Crippen LogP contribution in [0.4, 0.5) is 0 Å². The van der Waals surface area contributed by atoms with E-state index < -0.39 is 0 Å². The Morgan fingerprint density at radius 2 is 1.50 bits per heavy atom. The van der Waals surface area contributed by atoms with Gasteiger partial charge in [-0.25, -0.2) is 0 Å². The summed E-state index contributed by atoms with van der Waals surface area (Å²) in [5.41, 5.74) is 0. The van der Waals surface area contributed by atoms with Gasteiger partial charge in [0, 0.05) is 17.1 Å². The Bertz CT molecular complexity index is 13.5. The van der Waals surface area contributed by atoms with E-state index in [0.29, 0.717) is 16.2 Å². The van der Waals surface area contributed by atoms with Crippen LogP contribution in [0, 0.1) is 0 Å². The molecular formula is H3AlBaMnO. The minimum atomic E-state index is 0. The van der Waals surface area contributed by atoms with Crippen LogP contribution in [0.3, 0.4) is 0 Å². The molecule has 0 aliphatic heterocycles. The molecule has 21 valence electrons. The van der Waals surface area contributed by atoms with Crippen molar-refractivity contribution in [3.8, 4) is 0 Å². The second-order valence-electron chi connectivity index (χ2n) is 0. The van der Waals surface area contributed by atoms with Gasteiger partial charge in [-0.3, -0.25) is 0 Å². The van der Waals surface area contributed by atoms with Crippen LogP contribution in [0.2, 0.25) is 0 Å². The predicted molar refractivity (Wildman–Crippen MR) is 15.8 cm³/mol. The average Bonchev–Trinajstić information content (AvgIpc) is 1.00. The van der Waals surface area contributed by atoms with Crippen LogP contribution in [0.5, 0.6) is 0 Å². The molecule has 0 aliphatic rings. The third-order valence-electron chi connectivity index (χ3n) is 0. The first-order valence-corrected chi connectivity index (χ1v) is 0.866. The molecule has 0 spiro atoms. The van der Waals surface area contributed by atoms with Crippen molar-refractivity contribution in [1.82, 2.24) is 0 Å². The zero-order valence-corrected chi connectivity index (χ0v) is 9.24. The maximum absolute atomic E-state index is 8.28. The maximum atomic E-state index is 8.28. The van der Waals surface area contributed by atoms with Gasteiger partial charge in [-0.1, -0.05) is 0 Å². The molecule has 0 aromatic rings. The molecule has 0 rings (SSSR count). The first-order valence-electron chi connectivity index (χ1n) is 0.289. The summed E-state index contributed by atoms with van der Waals surface area (Å²) < 4.78 is 8.28. The molecule has 4 heteroatoms. The van der Waals surface area contributed by atoms with Gasteiger partial charge in [-0.2, -0.15) is 0 Å². The van der Waals surface area contributed by atoms with Gasteiger partial charge in [0.25, 0.3) is 0 Å². The molecule has 1 nitrogen and oxygen atoms in total. The summed E-state index contributed by atoms with van der Waals surface area (Å²) in [7, 11) is 0. The van der Waals surface area contributed by atoms with Gasteiger partial charge in [0.2, 0.25) is 0 Å². The van der Waals surface area contributed by atoms with Crippen molar-refractivity contribution in [2.45, 2.75) is 0 Å². The first-order chi connectivity index (χ1) is 1.00. The number of hydrogen-bond donors (Lipinski definition) is 0. The fourth-order valence-corrected chi connectivity index (χ4v) is 0. The van der Waals surface area contributed by atoms with E-state index in [0.717, 1.165) is 0 Å². The van der Waals surface area contributed by atoms with Crippen LogP contribution in [0.15, 0.2) is 0 Å². The van der Waals surface area contributed by atoms with Gasteiger partial charge >= 0.3 is 68.9 Å². The topological polar surface area (TPSA) is 17.1 Å². The van der Waals surface area contributed by atoms with E-state index in [1.165, 1.54) is 0 Å². The summed E-state index contributed by atoms with van der Waals surface area (Å²) in [4.78, 5) is 0. The van der Waals surface area contributed by atoms with Crippen molar-refractivity contribution >= 4 is 65.1 Å². The molecule has 0 saturated carbocycles. The standard InChI is InChI=1S/Al.Ba.Mn.O.3H/q;+2;;;;2*-1. The van der Waals surface area contributed by atoms with Crippen molar-refractivity contribution in [1.29, 1.82) is 0 Å². The Morgan fingerprint density at radius 3 is 1.50 bits per heavy atom. The minimum absolute atomic E-state index is 0. The van der Waals surface area contributed by atoms with Gasteiger partial charge in [0.1, 0.15) is 0 Å². The molecule has 0 atom stereocenters. The molecule has 0 fully saturated rings. The van der Waals surface area contributed by atoms with E-state index in [1.807, 2.05) is 0 Å². The first kappa shape index (κ1) is 16.1. The van der Waals surface area contributed by atoms with E-state index in [-0.39, 0.29) is 68.8 Å². The van der Waals surface area contributed by atoms with Crippen molar-refractivity contribution < 1.29 is 23.7 Å².